The first-order valence-corrected chi connectivity index (χ1v) is 8.13. The summed E-state index contributed by atoms with van der Waals surface area (Å²) in [7, 11) is 2.14. The third-order valence-corrected chi connectivity index (χ3v) is 5.18. The minimum atomic E-state index is 0.299. The van der Waals surface area contributed by atoms with Gasteiger partial charge >= 0.3 is 0 Å². The average Bonchev–Trinajstić information content (AvgIpc) is 3.09. The van der Waals surface area contributed by atoms with E-state index in [1.165, 1.54) is 25.7 Å². The van der Waals surface area contributed by atoms with E-state index >= 15 is 0 Å². The summed E-state index contributed by atoms with van der Waals surface area (Å²) < 4.78 is 0. The molecular formula is C16H27N5. The predicted molar refractivity (Wildman–Crippen MR) is 86.1 cm³/mol. The second kappa shape index (κ2) is 5.79. The summed E-state index contributed by atoms with van der Waals surface area (Å²) in [4.78, 5) is 11.4. The van der Waals surface area contributed by atoms with Gasteiger partial charge in [0.2, 0.25) is 0 Å². The van der Waals surface area contributed by atoms with E-state index in [2.05, 4.69) is 36.2 Å². The van der Waals surface area contributed by atoms with Gasteiger partial charge in [-0.3, -0.25) is 0 Å². The van der Waals surface area contributed by atoms with Gasteiger partial charge in [-0.1, -0.05) is 20.3 Å². The first-order valence-electron chi connectivity index (χ1n) is 8.13. The fourth-order valence-electron chi connectivity index (χ4n) is 4.03. The van der Waals surface area contributed by atoms with Crippen molar-refractivity contribution in [1.82, 2.24) is 9.97 Å². The molecule has 2 aliphatic rings. The van der Waals surface area contributed by atoms with Gasteiger partial charge < -0.3 is 10.3 Å². The minimum absolute atomic E-state index is 0.299. The third-order valence-electron chi connectivity index (χ3n) is 5.18. The lowest BCUT2D eigenvalue weighted by Crippen LogP contribution is -2.29. The molecule has 3 atom stereocenters. The van der Waals surface area contributed by atoms with Crippen LogP contribution in [-0.4, -0.2) is 23.6 Å². The maximum Gasteiger partial charge on any atom is 0.145 e. The molecule has 1 heterocycles. The Labute approximate surface area is 127 Å². The molecule has 0 aromatic carbocycles. The van der Waals surface area contributed by atoms with Crippen molar-refractivity contribution in [1.29, 1.82) is 0 Å². The second-order valence-electron chi connectivity index (χ2n) is 7.08. The molecule has 3 unspecified atom stereocenters. The smallest absolute Gasteiger partial charge is 0.145 e. The van der Waals surface area contributed by atoms with Gasteiger partial charge in [-0.25, -0.2) is 15.8 Å². The van der Waals surface area contributed by atoms with Gasteiger partial charge in [0.15, 0.2) is 0 Å². The topological polar surface area (TPSA) is 67.1 Å². The van der Waals surface area contributed by atoms with E-state index in [1.807, 2.05) is 6.07 Å². The summed E-state index contributed by atoms with van der Waals surface area (Å²) in [5, 5.41) is 0. The molecule has 0 aliphatic heterocycles. The highest BCUT2D eigenvalue weighted by Crippen LogP contribution is 2.48. The maximum atomic E-state index is 5.54. The van der Waals surface area contributed by atoms with E-state index in [1.54, 1.807) is 0 Å². The fraction of sp³-hybridized carbons (Fsp3) is 0.750. The molecule has 1 aromatic heterocycles. The van der Waals surface area contributed by atoms with E-state index in [4.69, 9.17) is 10.8 Å². The van der Waals surface area contributed by atoms with Crippen LogP contribution in [0.1, 0.15) is 51.3 Å². The highest BCUT2D eigenvalue weighted by atomic mass is 15.3. The summed E-state index contributed by atoms with van der Waals surface area (Å²) >= 11 is 0. The van der Waals surface area contributed by atoms with E-state index in [9.17, 15) is 0 Å². The molecule has 0 spiro atoms. The Bertz CT molecular complexity index is 501. The molecule has 2 fully saturated rings. The maximum absolute atomic E-state index is 5.54. The van der Waals surface area contributed by atoms with Gasteiger partial charge in [0, 0.05) is 25.6 Å². The number of nitrogens with two attached hydrogens (primary N) is 1. The quantitative estimate of drug-likeness (QED) is 0.644. The van der Waals surface area contributed by atoms with Crippen LogP contribution in [0.2, 0.25) is 0 Å². The molecule has 21 heavy (non-hydrogen) atoms. The molecule has 1 aromatic rings. The van der Waals surface area contributed by atoms with Gasteiger partial charge in [-0.05, 0) is 37.0 Å². The van der Waals surface area contributed by atoms with Gasteiger partial charge in [0.25, 0.3) is 0 Å². The van der Waals surface area contributed by atoms with E-state index in [0.29, 0.717) is 11.7 Å². The zero-order valence-electron chi connectivity index (χ0n) is 13.3. The summed E-state index contributed by atoms with van der Waals surface area (Å²) in [5.41, 5.74) is 2.66. The van der Waals surface area contributed by atoms with Crippen molar-refractivity contribution < 1.29 is 0 Å². The van der Waals surface area contributed by atoms with Crippen molar-refractivity contribution in [3.8, 4) is 0 Å². The lowest BCUT2D eigenvalue weighted by Gasteiger charge is -2.28. The van der Waals surface area contributed by atoms with Crippen LogP contribution in [0.3, 0.4) is 0 Å². The number of hydrazine groups is 1. The lowest BCUT2D eigenvalue weighted by atomic mass is 9.88. The van der Waals surface area contributed by atoms with Crippen molar-refractivity contribution in [3.05, 3.63) is 11.9 Å². The molecule has 3 N–H and O–H groups in total. The third kappa shape index (κ3) is 2.98. The standard InChI is InChI=1S/C16H27N5/c1-10(2)16-18-14(20-17)8-15(19-16)21(3)9-13-7-11-4-5-12(13)6-11/h8,10-13H,4-7,9,17H2,1-3H3,(H,18,19,20). The Morgan fingerprint density at radius 1 is 1.33 bits per heavy atom. The van der Waals surface area contributed by atoms with Gasteiger partial charge in [-0.2, -0.15) is 0 Å². The molecule has 0 radical (unpaired) electrons. The average molecular weight is 289 g/mol. The number of nitrogen functional groups attached to an aromatic ring is 1. The van der Waals surface area contributed by atoms with E-state index < -0.39 is 0 Å². The van der Waals surface area contributed by atoms with Crippen LogP contribution in [0.25, 0.3) is 0 Å². The molecule has 0 amide bonds. The summed E-state index contributed by atoms with van der Waals surface area (Å²) in [6, 6.07) is 1.94. The number of hydrogen-bond donors (Lipinski definition) is 2. The Hall–Kier alpha value is -1.36. The highest BCUT2D eigenvalue weighted by Gasteiger charge is 2.39. The number of nitrogens with zero attached hydrogens (tertiary/aromatic N) is 3. The van der Waals surface area contributed by atoms with Crippen LogP contribution < -0.4 is 16.2 Å². The van der Waals surface area contributed by atoms with E-state index in [0.717, 1.165) is 35.9 Å². The van der Waals surface area contributed by atoms with Crippen molar-refractivity contribution in [2.45, 2.75) is 45.4 Å². The van der Waals surface area contributed by atoms with Crippen LogP contribution in [0.4, 0.5) is 11.6 Å². The summed E-state index contributed by atoms with van der Waals surface area (Å²) in [5.74, 6) is 11.1. The van der Waals surface area contributed by atoms with Crippen LogP contribution >= 0.6 is 0 Å². The Morgan fingerprint density at radius 2 is 2.14 bits per heavy atom. The number of aromatic nitrogens is 2. The summed E-state index contributed by atoms with van der Waals surface area (Å²) in [6.45, 7) is 5.31. The Kier molecular flexibility index (Phi) is 4.02. The normalized spacial score (nSPS) is 27.4. The van der Waals surface area contributed by atoms with Crippen LogP contribution in [-0.2, 0) is 0 Å². The molecular weight excluding hydrogens is 262 g/mol. The summed E-state index contributed by atoms with van der Waals surface area (Å²) in [6.07, 6.45) is 5.74. The van der Waals surface area contributed by atoms with Crippen molar-refractivity contribution >= 4 is 11.6 Å². The van der Waals surface area contributed by atoms with Crippen molar-refractivity contribution in [2.24, 2.45) is 23.6 Å². The molecule has 2 saturated carbocycles. The van der Waals surface area contributed by atoms with Gasteiger partial charge in [0.05, 0.1) is 0 Å². The number of rotatable bonds is 5. The molecule has 5 nitrogen and oxygen atoms in total. The molecule has 2 bridgehead atoms. The predicted octanol–water partition coefficient (Wildman–Crippen LogP) is 2.76. The lowest BCUT2D eigenvalue weighted by molar-refractivity contribution is 0.337. The largest absolute Gasteiger partial charge is 0.359 e. The number of anilines is 2. The van der Waals surface area contributed by atoms with Gasteiger partial charge in [0.1, 0.15) is 17.5 Å². The van der Waals surface area contributed by atoms with Gasteiger partial charge in [-0.15, -0.1) is 0 Å². The Morgan fingerprint density at radius 3 is 2.71 bits per heavy atom. The zero-order chi connectivity index (χ0) is 15.0. The second-order valence-corrected chi connectivity index (χ2v) is 7.08. The molecule has 3 rings (SSSR count). The minimum Gasteiger partial charge on any atom is -0.359 e. The van der Waals surface area contributed by atoms with Crippen molar-refractivity contribution in [2.75, 3.05) is 23.9 Å². The number of fused-ring (bicyclic) bond motifs is 2. The molecule has 0 saturated heterocycles. The fourth-order valence-corrected chi connectivity index (χ4v) is 4.03. The first kappa shape index (κ1) is 14.6. The monoisotopic (exact) mass is 289 g/mol. The number of hydrogen-bond acceptors (Lipinski definition) is 5. The zero-order valence-corrected chi connectivity index (χ0v) is 13.3. The number of nitrogens with one attached hydrogen (secondary N) is 1. The molecule has 116 valence electrons. The van der Waals surface area contributed by atoms with Crippen LogP contribution in [0.15, 0.2) is 6.07 Å². The molecule has 2 aliphatic carbocycles. The highest BCUT2D eigenvalue weighted by molar-refractivity contribution is 5.48. The van der Waals surface area contributed by atoms with Crippen LogP contribution in [0, 0.1) is 17.8 Å². The van der Waals surface area contributed by atoms with Crippen molar-refractivity contribution in [3.63, 3.8) is 0 Å². The Balaban J connectivity index is 1.74. The SMILES string of the molecule is CC(C)c1nc(NN)cc(N(C)CC2CC3CCC2C3)n1. The van der Waals surface area contributed by atoms with E-state index in [-0.39, 0.29) is 0 Å². The molecule has 5 heteroatoms. The van der Waals surface area contributed by atoms with Crippen LogP contribution in [0.5, 0.6) is 0 Å². The first-order chi connectivity index (χ1) is 10.1.